The molecule has 0 aromatic heterocycles. The van der Waals surface area contributed by atoms with E-state index < -0.39 is 11.8 Å². The fourth-order valence-corrected chi connectivity index (χ4v) is 3.06. The van der Waals surface area contributed by atoms with E-state index in [2.05, 4.69) is 10.2 Å². The van der Waals surface area contributed by atoms with Crippen molar-refractivity contribution in [1.29, 1.82) is 0 Å². The number of carboxylic acid groups (broad SMARTS) is 1. The number of thioether (sulfide) groups is 1. The molecule has 4 N–H and O–H groups in total. The monoisotopic (exact) mass is 299 g/mol. The summed E-state index contributed by atoms with van der Waals surface area (Å²) < 4.78 is 13.7. The molecule has 1 saturated heterocycles. The van der Waals surface area contributed by atoms with E-state index in [1.165, 1.54) is 6.07 Å². The zero-order valence-electron chi connectivity index (χ0n) is 11.1. The smallest absolute Gasteiger partial charge is 0.337 e. The van der Waals surface area contributed by atoms with Gasteiger partial charge in [-0.15, -0.1) is 0 Å². The first-order valence-corrected chi connectivity index (χ1v) is 7.59. The van der Waals surface area contributed by atoms with Gasteiger partial charge >= 0.3 is 5.97 Å². The molecule has 1 heterocycles. The number of anilines is 2. The van der Waals surface area contributed by atoms with Gasteiger partial charge in [0.05, 0.1) is 11.3 Å². The number of rotatable bonds is 5. The quantitative estimate of drug-likeness (QED) is 0.716. The molecule has 0 aliphatic carbocycles. The molecule has 0 radical (unpaired) electrons. The van der Waals surface area contributed by atoms with Crippen molar-refractivity contribution in [1.82, 2.24) is 4.90 Å². The van der Waals surface area contributed by atoms with Crippen molar-refractivity contribution in [2.24, 2.45) is 0 Å². The molecule has 1 aliphatic heterocycles. The Kier molecular flexibility index (Phi) is 5.08. The molecule has 0 unspecified atom stereocenters. The zero-order valence-corrected chi connectivity index (χ0v) is 11.9. The van der Waals surface area contributed by atoms with Gasteiger partial charge in [0, 0.05) is 43.4 Å². The molecule has 2 rings (SSSR count). The van der Waals surface area contributed by atoms with Crippen molar-refractivity contribution in [3.8, 4) is 0 Å². The Labute approximate surface area is 121 Å². The van der Waals surface area contributed by atoms with Crippen LogP contribution in [0.4, 0.5) is 15.8 Å². The highest BCUT2D eigenvalue weighted by Crippen LogP contribution is 2.22. The van der Waals surface area contributed by atoms with Crippen molar-refractivity contribution in [2.75, 3.05) is 48.7 Å². The normalized spacial score (nSPS) is 16.1. The van der Waals surface area contributed by atoms with Gasteiger partial charge in [-0.3, -0.25) is 4.90 Å². The molecular weight excluding hydrogens is 281 g/mol. The summed E-state index contributed by atoms with van der Waals surface area (Å²) >= 11 is 1.94. The van der Waals surface area contributed by atoms with E-state index in [0.29, 0.717) is 6.54 Å². The SMILES string of the molecule is Nc1cc(F)c(NCCN2CCSCC2)cc1C(=O)O. The maximum Gasteiger partial charge on any atom is 0.337 e. The van der Waals surface area contributed by atoms with Crippen LogP contribution < -0.4 is 11.1 Å². The molecule has 0 saturated carbocycles. The lowest BCUT2D eigenvalue weighted by Crippen LogP contribution is -2.36. The number of nitrogens with two attached hydrogens (primary N) is 1. The first kappa shape index (κ1) is 14.9. The molecule has 110 valence electrons. The van der Waals surface area contributed by atoms with Crippen LogP contribution >= 0.6 is 11.8 Å². The Morgan fingerprint density at radius 2 is 2.15 bits per heavy atom. The Morgan fingerprint density at radius 3 is 2.80 bits per heavy atom. The lowest BCUT2D eigenvalue weighted by Gasteiger charge is -2.26. The molecule has 1 aromatic rings. The van der Waals surface area contributed by atoms with Crippen LogP contribution in [0, 0.1) is 5.82 Å². The number of carbonyl (C=O) groups is 1. The first-order chi connectivity index (χ1) is 9.58. The number of hydrogen-bond acceptors (Lipinski definition) is 5. The summed E-state index contributed by atoms with van der Waals surface area (Å²) in [6.45, 7) is 3.46. The van der Waals surface area contributed by atoms with Gasteiger partial charge in [-0.2, -0.15) is 11.8 Å². The lowest BCUT2D eigenvalue weighted by atomic mass is 10.1. The fraction of sp³-hybridized carbons (Fsp3) is 0.462. The van der Waals surface area contributed by atoms with Gasteiger partial charge in [-0.25, -0.2) is 9.18 Å². The van der Waals surface area contributed by atoms with E-state index in [-0.39, 0.29) is 16.9 Å². The predicted molar refractivity (Wildman–Crippen MR) is 80.0 cm³/mol. The van der Waals surface area contributed by atoms with Gasteiger partial charge in [0.1, 0.15) is 5.82 Å². The molecule has 0 atom stereocenters. The Hall–Kier alpha value is -1.47. The summed E-state index contributed by atoms with van der Waals surface area (Å²) in [5.41, 5.74) is 5.52. The summed E-state index contributed by atoms with van der Waals surface area (Å²) in [4.78, 5) is 13.3. The number of nitrogens with zero attached hydrogens (tertiary/aromatic N) is 1. The average molecular weight is 299 g/mol. The van der Waals surface area contributed by atoms with Crippen molar-refractivity contribution in [3.63, 3.8) is 0 Å². The van der Waals surface area contributed by atoms with Gasteiger partial charge in [-0.1, -0.05) is 0 Å². The zero-order chi connectivity index (χ0) is 14.5. The number of carboxylic acids is 1. The molecule has 7 heteroatoms. The third-order valence-electron chi connectivity index (χ3n) is 3.22. The number of hydrogen-bond donors (Lipinski definition) is 3. The second kappa shape index (κ2) is 6.81. The standard InChI is InChI=1S/C13H18FN3O2S/c14-10-8-11(15)9(13(18)19)7-12(10)16-1-2-17-3-5-20-6-4-17/h7-8,16H,1-6,15H2,(H,18,19). The van der Waals surface area contributed by atoms with Crippen LogP contribution in [0.5, 0.6) is 0 Å². The molecule has 0 bridgehead atoms. The highest BCUT2D eigenvalue weighted by molar-refractivity contribution is 7.99. The molecular formula is C13H18FN3O2S. The summed E-state index contributed by atoms with van der Waals surface area (Å²) in [5.74, 6) is 0.569. The van der Waals surface area contributed by atoms with Crippen LogP contribution in [0.2, 0.25) is 0 Å². The third kappa shape index (κ3) is 3.77. The number of nitrogen functional groups attached to an aromatic ring is 1. The summed E-state index contributed by atoms with van der Waals surface area (Å²) in [6, 6.07) is 2.29. The van der Waals surface area contributed by atoms with Gasteiger partial charge in [0.15, 0.2) is 0 Å². The Morgan fingerprint density at radius 1 is 1.45 bits per heavy atom. The van der Waals surface area contributed by atoms with E-state index >= 15 is 0 Å². The number of aromatic carboxylic acids is 1. The number of benzene rings is 1. The molecule has 0 spiro atoms. The first-order valence-electron chi connectivity index (χ1n) is 6.44. The highest BCUT2D eigenvalue weighted by atomic mass is 32.2. The van der Waals surface area contributed by atoms with Crippen LogP contribution in [-0.4, -0.2) is 53.7 Å². The molecule has 0 amide bonds. The minimum atomic E-state index is -1.15. The van der Waals surface area contributed by atoms with Crippen LogP contribution in [0.3, 0.4) is 0 Å². The van der Waals surface area contributed by atoms with Gasteiger partial charge < -0.3 is 16.2 Å². The van der Waals surface area contributed by atoms with Crippen molar-refractivity contribution in [2.45, 2.75) is 0 Å². The van der Waals surface area contributed by atoms with E-state index in [1.54, 1.807) is 0 Å². The lowest BCUT2D eigenvalue weighted by molar-refractivity contribution is 0.0698. The summed E-state index contributed by atoms with van der Waals surface area (Å²) in [5, 5.41) is 11.9. The summed E-state index contributed by atoms with van der Waals surface area (Å²) in [6.07, 6.45) is 0. The van der Waals surface area contributed by atoms with Gasteiger partial charge in [0.25, 0.3) is 0 Å². The van der Waals surface area contributed by atoms with Crippen molar-refractivity contribution in [3.05, 3.63) is 23.5 Å². The van der Waals surface area contributed by atoms with E-state index in [4.69, 9.17) is 10.8 Å². The maximum atomic E-state index is 13.7. The van der Waals surface area contributed by atoms with Crippen LogP contribution in [0.1, 0.15) is 10.4 Å². The minimum Gasteiger partial charge on any atom is -0.478 e. The predicted octanol–water partition coefficient (Wildman–Crippen LogP) is 1.57. The maximum absolute atomic E-state index is 13.7. The molecule has 1 aromatic carbocycles. The molecule has 20 heavy (non-hydrogen) atoms. The number of nitrogens with one attached hydrogen (secondary N) is 1. The average Bonchev–Trinajstić information content (AvgIpc) is 2.42. The molecule has 1 aliphatic rings. The Bertz CT molecular complexity index is 493. The molecule has 5 nitrogen and oxygen atoms in total. The van der Waals surface area contributed by atoms with Gasteiger partial charge in [0.2, 0.25) is 0 Å². The molecule has 1 fully saturated rings. The van der Waals surface area contributed by atoms with E-state index in [9.17, 15) is 9.18 Å². The van der Waals surface area contributed by atoms with Crippen LogP contribution in [0.25, 0.3) is 0 Å². The summed E-state index contributed by atoms with van der Waals surface area (Å²) in [7, 11) is 0. The van der Waals surface area contributed by atoms with Crippen LogP contribution in [-0.2, 0) is 0 Å². The van der Waals surface area contributed by atoms with Gasteiger partial charge in [-0.05, 0) is 12.1 Å². The second-order valence-electron chi connectivity index (χ2n) is 4.61. The topological polar surface area (TPSA) is 78.6 Å². The van der Waals surface area contributed by atoms with Crippen LogP contribution in [0.15, 0.2) is 12.1 Å². The second-order valence-corrected chi connectivity index (χ2v) is 5.83. The highest BCUT2D eigenvalue weighted by Gasteiger charge is 2.14. The number of halogens is 1. The third-order valence-corrected chi connectivity index (χ3v) is 4.16. The van der Waals surface area contributed by atoms with Crippen molar-refractivity contribution >= 4 is 29.1 Å². The minimum absolute atomic E-state index is 0.0615. The van der Waals surface area contributed by atoms with Crippen molar-refractivity contribution < 1.29 is 14.3 Å². The van der Waals surface area contributed by atoms with E-state index in [0.717, 1.165) is 37.2 Å². The Balaban J connectivity index is 1.94. The van der Waals surface area contributed by atoms with E-state index in [1.807, 2.05) is 11.8 Å². The largest absolute Gasteiger partial charge is 0.478 e. The fourth-order valence-electron chi connectivity index (χ4n) is 2.08.